The van der Waals surface area contributed by atoms with Gasteiger partial charge in [0, 0.05) is 0 Å². The van der Waals surface area contributed by atoms with Crippen LogP contribution in [0.5, 0.6) is 74.7 Å². The second kappa shape index (κ2) is 53.9. The molecule has 0 saturated heterocycles. The molecule has 13 aromatic rings. The highest BCUT2D eigenvalue weighted by molar-refractivity contribution is 5.25. The Morgan fingerprint density at radius 3 is 0.143 bits per heavy atom. The van der Waals surface area contributed by atoms with E-state index in [9.17, 15) is 0 Å². The van der Waals surface area contributed by atoms with Crippen molar-refractivity contribution in [3.05, 3.63) is 394 Å². The van der Waals surface area contributed by atoms with Gasteiger partial charge in [-0.3, -0.25) is 0 Å². The van der Waals surface area contributed by atoms with Crippen LogP contribution in [-0.2, 0) is 0 Å². The van der Waals surface area contributed by atoms with Crippen LogP contribution in [0.1, 0.15) is 0 Å². The summed E-state index contributed by atoms with van der Waals surface area (Å²) in [7, 11) is 0. The second-order valence-electron chi connectivity index (χ2n) is 17.4. The third-order valence-corrected chi connectivity index (χ3v) is 9.83. The summed E-state index contributed by atoms with van der Waals surface area (Å²) in [6.45, 7) is 0. The number of phenolic OH excluding ortho intramolecular Hbond substituents is 13. The SMILES string of the molecule is Oc1ccccc1.Oc1ccccc1.Oc1ccccc1.Oc1ccccc1.Oc1ccccc1.Oc1ccccc1.Oc1ccccc1.Oc1ccccc1.Oc1ccccc1.Oc1ccccc1.Oc1ccccc1.Oc1ccccc1.Oc1ccccc1. The highest BCUT2D eigenvalue weighted by atomic mass is 16.3. The zero-order valence-corrected chi connectivity index (χ0v) is 49.8. The molecule has 0 heterocycles. The number of aromatic hydroxyl groups is 13. The molecule has 91 heavy (non-hydrogen) atoms. The quantitative estimate of drug-likeness (QED) is 0.0675. The summed E-state index contributed by atoms with van der Waals surface area (Å²) in [6, 6.07) is 113. The van der Waals surface area contributed by atoms with Crippen LogP contribution in [0.25, 0.3) is 0 Å². The van der Waals surface area contributed by atoms with Gasteiger partial charge < -0.3 is 66.4 Å². The highest BCUT2D eigenvalue weighted by Gasteiger charge is 1.82. The standard InChI is InChI=1S/13C6H6O/c13*7-6-4-2-1-3-5-6/h13*1-5,7H. The lowest BCUT2D eigenvalue weighted by Gasteiger charge is -1.82. The summed E-state index contributed by atoms with van der Waals surface area (Å²) < 4.78 is 0. The summed E-state index contributed by atoms with van der Waals surface area (Å²) in [5.41, 5.74) is 0. The van der Waals surface area contributed by atoms with Crippen LogP contribution in [0.3, 0.4) is 0 Å². The zero-order valence-electron chi connectivity index (χ0n) is 49.8. The van der Waals surface area contributed by atoms with Crippen molar-refractivity contribution in [2.75, 3.05) is 0 Å². The molecule has 0 atom stereocenters. The molecule has 13 N–H and O–H groups in total. The van der Waals surface area contributed by atoms with Crippen LogP contribution in [0, 0.1) is 0 Å². The van der Waals surface area contributed by atoms with Gasteiger partial charge in [0.05, 0.1) is 0 Å². The first kappa shape index (κ1) is 76.3. The molecule has 13 heteroatoms. The van der Waals surface area contributed by atoms with E-state index in [1.54, 1.807) is 315 Å². The molecule has 0 saturated carbocycles. The average molecular weight is 1220 g/mol. The highest BCUT2D eigenvalue weighted by Crippen LogP contribution is 2.10. The van der Waals surface area contributed by atoms with Crippen molar-refractivity contribution in [1.29, 1.82) is 0 Å². The van der Waals surface area contributed by atoms with Gasteiger partial charge in [-0.1, -0.05) is 237 Å². The van der Waals surface area contributed by atoms with Crippen LogP contribution in [0.2, 0.25) is 0 Å². The maximum Gasteiger partial charge on any atom is 0.115 e. The number of hydrogen-bond acceptors (Lipinski definition) is 13. The molecule has 0 bridgehead atoms. The zero-order chi connectivity index (χ0) is 66.5. The minimum absolute atomic E-state index is 0.322. The molecule has 13 nitrogen and oxygen atoms in total. The molecule has 468 valence electrons. The maximum absolute atomic E-state index is 8.63. The Morgan fingerprint density at radius 1 is 0.0769 bits per heavy atom. The lowest BCUT2D eigenvalue weighted by Crippen LogP contribution is -1.56. The maximum atomic E-state index is 8.63. The number of rotatable bonds is 0. The van der Waals surface area contributed by atoms with Gasteiger partial charge in [-0.15, -0.1) is 0 Å². The normalized spacial score (nSPS) is 8.57. The number of para-hydroxylation sites is 13. The molecule has 13 aromatic carbocycles. The monoisotopic (exact) mass is 1220 g/mol. The number of hydrogen-bond donors (Lipinski definition) is 13. The molecule has 0 aliphatic heterocycles. The molecule has 0 aliphatic rings. The Hall–Kier alpha value is -12.7. The molecular formula is C78H78O13. The topological polar surface area (TPSA) is 263 Å². The van der Waals surface area contributed by atoms with Crippen molar-refractivity contribution in [3.8, 4) is 74.7 Å². The molecule has 0 spiro atoms. The first-order valence-corrected chi connectivity index (χ1v) is 27.7. The lowest BCUT2D eigenvalue weighted by molar-refractivity contribution is 0.475. The Kier molecular flexibility index (Phi) is 45.2. The smallest absolute Gasteiger partial charge is 0.115 e. The van der Waals surface area contributed by atoms with Crippen LogP contribution in [0.15, 0.2) is 394 Å². The summed E-state index contributed by atoms with van der Waals surface area (Å²) in [6.07, 6.45) is 0. The largest absolute Gasteiger partial charge is 0.508 e. The van der Waals surface area contributed by atoms with Crippen molar-refractivity contribution in [3.63, 3.8) is 0 Å². The van der Waals surface area contributed by atoms with Gasteiger partial charge in [0.2, 0.25) is 0 Å². The second-order valence-corrected chi connectivity index (χ2v) is 17.4. The van der Waals surface area contributed by atoms with Crippen molar-refractivity contribution in [1.82, 2.24) is 0 Å². The van der Waals surface area contributed by atoms with Crippen LogP contribution >= 0.6 is 0 Å². The van der Waals surface area contributed by atoms with E-state index >= 15 is 0 Å². The predicted molar refractivity (Wildman–Crippen MR) is 365 cm³/mol. The van der Waals surface area contributed by atoms with E-state index in [1.807, 2.05) is 78.9 Å². The van der Waals surface area contributed by atoms with Crippen molar-refractivity contribution < 1.29 is 66.4 Å². The summed E-state index contributed by atoms with van der Waals surface area (Å²) in [5.74, 6) is 4.18. The van der Waals surface area contributed by atoms with Gasteiger partial charge >= 0.3 is 0 Å². The third-order valence-electron chi connectivity index (χ3n) is 9.83. The molecule has 0 radical (unpaired) electrons. The molecule has 13 rings (SSSR count). The molecule has 0 amide bonds. The summed E-state index contributed by atoms with van der Waals surface area (Å²) in [4.78, 5) is 0. The molecule has 0 fully saturated rings. The van der Waals surface area contributed by atoms with Crippen LogP contribution in [0.4, 0.5) is 0 Å². The van der Waals surface area contributed by atoms with E-state index in [0.29, 0.717) is 74.7 Å². The van der Waals surface area contributed by atoms with Crippen molar-refractivity contribution >= 4 is 0 Å². The first-order chi connectivity index (χ1) is 44.1. The van der Waals surface area contributed by atoms with Crippen molar-refractivity contribution in [2.45, 2.75) is 0 Å². The van der Waals surface area contributed by atoms with E-state index < -0.39 is 0 Å². The van der Waals surface area contributed by atoms with Gasteiger partial charge in [-0.05, 0) is 158 Å². The molecular weight excluding hydrogens is 1140 g/mol. The van der Waals surface area contributed by atoms with E-state index in [0.717, 1.165) is 0 Å². The minimum Gasteiger partial charge on any atom is -0.508 e. The van der Waals surface area contributed by atoms with Crippen LogP contribution in [-0.4, -0.2) is 66.4 Å². The molecule has 0 aromatic heterocycles. The van der Waals surface area contributed by atoms with Crippen molar-refractivity contribution in [2.24, 2.45) is 0 Å². The summed E-state index contributed by atoms with van der Waals surface area (Å²) >= 11 is 0. The Morgan fingerprint density at radius 2 is 0.121 bits per heavy atom. The number of benzene rings is 13. The minimum atomic E-state index is 0.322. The Balaban J connectivity index is 0.000000493. The summed E-state index contributed by atoms with van der Waals surface area (Å²) in [5, 5.41) is 112. The third kappa shape index (κ3) is 52.5. The fourth-order valence-corrected chi connectivity index (χ4v) is 5.56. The Bertz CT molecular complexity index is 2650. The first-order valence-electron chi connectivity index (χ1n) is 27.7. The van der Waals surface area contributed by atoms with Gasteiger partial charge in [0.15, 0.2) is 0 Å². The Labute approximate surface area is 533 Å². The predicted octanol–water partition coefficient (Wildman–Crippen LogP) is 18.1. The molecule has 0 aliphatic carbocycles. The fourth-order valence-electron chi connectivity index (χ4n) is 5.56. The van der Waals surface area contributed by atoms with Crippen LogP contribution < -0.4 is 0 Å². The molecule has 0 unspecified atom stereocenters. The van der Waals surface area contributed by atoms with E-state index in [2.05, 4.69) is 0 Å². The van der Waals surface area contributed by atoms with Gasteiger partial charge in [0.25, 0.3) is 0 Å². The average Bonchev–Trinajstić information content (AvgIpc) is 3.57. The van der Waals surface area contributed by atoms with E-state index in [4.69, 9.17) is 66.4 Å². The van der Waals surface area contributed by atoms with E-state index in [-0.39, 0.29) is 0 Å². The van der Waals surface area contributed by atoms with Gasteiger partial charge in [0.1, 0.15) is 74.7 Å². The van der Waals surface area contributed by atoms with Gasteiger partial charge in [-0.25, -0.2) is 0 Å². The number of phenols is 13. The van der Waals surface area contributed by atoms with E-state index in [1.165, 1.54) is 0 Å². The fraction of sp³-hybridized carbons (Fsp3) is 0. The van der Waals surface area contributed by atoms with Gasteiger partial charge in [-0.2, -0.15) is 0 Å². The lowest BCUT2D eigenvalue weighted by atomic mass is 10.3.